The van der Waals surface area contributed by atoms with Crippen LogP contribution in [0.25, 0.3) is 11.0 Å². The molecule has 0 radical (unpaired) electrons. The fraction of sp³-hybridized carbons (Fsp3) is 0.600. The van der Waals surface area contributed by atoms with Crippen molar-refractivity contribution < 1.29 is 4.79 Å². The Morgan fingerprint density at radius 3 is 2.87 bits per heavy atom. The number of H-pyrrole nitrogens is 1. The summed E-state index contributed by atoms with van der Waals surface area (Å²) in [6, 6.07) is 0. The Bertz CT molecular complexity index is 757. The predicted octanol–water partition coefficient (Wildman–Crippen LogP) is 0.00470. The number of amides is 1. The van der Waals surface area contributed by atoms with Crippen molar-refractivity contribution in [1.82, 2.24) is 30.0 Å². The second kappa shape index (κ2) is 6.49. The first-order chi connectivity index (χ1) is 11.0. The molecule has 8 heteroatoms. The van der Waals surface area contributed by atoms with Crippen molar-refractivity contribution >= 4 is 16.9 Å². The Hall–Kier alpha value is -2.22. The minimum Gasteiger partial charge on any atom is -0.356 e. The van der Waals surface area contributed by atoms with Gasteiger partial charge in [0, 0.05) is 20.5 Å². The number of piperidine rings is 1. The van der Waals surface area contributed by atoms with Gasteiger partial charge >= 0.3 is 0 Å². The lowest BCUT2D eigenvalue weighted by Crippen LogP contribution is -2.38. The third-order valence-corrected chi connectivity index (χ3v) is 4.37. The standard InChI is InChI=1S/C15H22N6O2/c1-10(22)16-7-11-3-5-21(6-4-11)9-13-18-14-12(15(23)19-13)8-17-20(14)2/h8,11H,3-7,9H2,1-2H3,(H,16,22)(H,18,19,23). The number of aromatic nitrogens is 4. The molecule has 1 amide bonds. The van der Waals surface area contributed by atoms with E-state index >= 15 is 0 Å². The zero-order chi connectivity index (χ0) is 16.4. The van der Waals surface area contributed by atoms with Crippen molar-refractivity contribution in [2.24, 2.45) is 13.0 Å². The van der Waals surface area contributed by atoms with E-state index in [1.54, 1.807) is 24.9 Å². The first-order valence-electron chi connectivity index (χ1n) is 7.90. The highest BCUT2D eigenvalue weighted by atomic mass is 16.1. The van der Waals surface area contributed by atoms with E-state index in [2.05, 4.69) is 25.3 Å². The Morgan fingerprint density at radius 1 is 1.43 bits per heavy atom. The van der Waals surface area contributed by atoms with Crippen molar-refractivity contribution in [3.05, 3.63) is 22.4 Å². The molecule has 0 aliphatic carbocycles. The molecular formula is C15H22N6O2. The molecule has 0 saturated carbocycles. The van der Waals surface area contributed by atoms with Crippen molar-refractivity contribution in [2.75, 3.05) is 19.6 Å². The number of hydrogen-bond acceptors (Lipinski definition) is 5. The van der Waals surface area contributed by atoms with E-state index in [0.717, 1.165) is 32.5 Å². The number of aromatic amines is 1. The molecule has 0 aromatic carbocycles. The van der Waals surface area contributed by atoms with Crippen molar-refractivity contribution in [3.63, 3.8) is 0 Å². The van der Waals surface area contributed by atoms with Gasteiger partial charge in [-0.1, -0.05) is 0 Å². The Balaban J connectivity index is 1.61. The van der Waals surface area contributed by atoms with Crippen LogP contribution in [0.3, 0.4) is 0 Å². The number of nitrogens with zero attached hydrogens (tertiary/aromatic N) is 4. The van der Waals surface area contributed by atoms with E-state index in [4.69, 9.17) is 0 Å². The fourth-order valence-corrected chi connectivity index (χ4v) is 3.00. The van der Waals surface area contributed by atoms with E-state index in [1.807, 2.05) is 0 Å². The molecule has 3 rings (SSSR count). The number of carbonyl (C=O) groups is 1. The Morgan fingerprint density at radius 2 is 2.17 bits per heavy atom. The van der Waals surface area contributed by atoms with Gasteiger partial charge in [-0.2, -0.15) is 5.10 Å². The molecule has 2 N–H and O–H groups in total. The summed E-state index contributed by atoms with van der Waals surface area (Å²) in [5.74, 6) is 1.23. The lowest BCUT2D eigenvalue weighted by molar-refractivity contribution is -0.119. The van der Waals surface area contributed by atoms with Crippen LogP contribution in [0.5, 0.6) is 0 Å². The summed E-state index contributed by atoms with van der Waals surface area (Å²) in [5, 5.41) is 7.48. The molecule has 0 bridgehead atoms. The first-order valence-corrected chi connectivity index (χ1v) is 7.90. The van der Waals surface area contributed by atoms with Gasteiger partial charge in [-0.25, -0.2) is 4.98 Å². The third kappa shape index (κ3) is 3.58. The number of likely N-dealkylation sites (tertiary alicyclic amines) is 1. The van der Waals surface area contributed by atoms with Crippen molar-refractivity contribution in [1.29, 1.82) is 0 Å². The van der Waals surface area contributed by atoms with Gasteiger partial charge in [-0.05, 0) is 31.8 Å². The summed E-state index contributed by atoms with van der Waals surface area (Å²) in [6.45, 7) is 4.81. The van der Waals surface area contributed by atoms with Gasteiger partial charge in [-0.3, -0.25) is 19.2 Å². The fourth-order valence-electron chi connectivity index (χ4n) is 3.00. The van der Waals surface area contributed by atoms with Gasteiger partial charge in [0.2, 0.25) is 5.91 Å². The van der Waals surface area contributed by atoms with E-state index in [-0.39, 0.29) is 11.5 Å². The number of aryl methyl sites for hydroxylation is 1. The quantitative estimate of drug-likeness (QED) is 0.827. The molecule has 3 heterocycles. The molecule has 0 spiro atoms. The highest BCUT2D eigenvalue weighted by Crippen LogP contribution is 2.17. The third-order valence-electron chi connectivity index (χ3n) is 4.37. The van der Waals surface area contributed by atoms with Crippen molar-refractivity contribution in [2.45, 2.75) is 26.3 Å². The molecule has 1 saturated heterocycles. The summed E-state index contributed by atoms with van der Waals surface area (Å²) in [5.41, 5.74) is 0.475. The lowest BCUT2D eigenvalue weighted by atomic mass is 9.97. The zero-order valence-electron chi connectivity index (χ0n) is 13.5. The molecule has 8 nitrogen and oxygen atoms in total. The van der Waals surface area contributed by atoms with Crippen LogP contribution in [0, 0.1) is 5.92 Å². The maximum absolute atomic E-state index is 12.0. The molecule has 2 aromatic rings. The van der Waals surface area contributed by atoms with Crippen LogP contribution in [0.4, 0.5) is 0 Å². The second-order valence-electron chi connectivity index (χ2n) is 6.17. The Labute approximate surface area is 133 Å². The molecule has 0 unspecified atom stereocenters. The van der Waals surface area contributed by atoms with Gasteiger partial charge in [-0.15, -0.1) is 0 Å². The average Bonchev–Trinajstić information content (AvgIpc) is 2.89. The summed E-state index contributed by atoms with van der Waals surface area (Å²) >= 11 is 0. The highest BCUT2D eigenvalue weighted by Gasteiger charge is 2.20. The van der Waals surface area contributed by atoms with Gasteiger partial charge < -0.3 is 10.3 Å². The molecule has 1 aliphatic heterocycles. The van der Waals surface area contributed by atoms with Gasteiger partial charge in [0.25, 0.3) is 5.56 Å². The molecule has 124 valence electrons. The maximum atomic E-state index is 12.0. The monoisotopic (exact) mass is 318 g/mol. The highest BCUT2D eigenvalue weighted by molar-refractivity contribution is 5.73. The Kier molecular flexibility index (Phi) is 4.42. The number of rotatable bonds is 4. The minimum absolute atomic E-state index is 0.0266. The predicted molar refractivity (Wildman–Crippen MR) is 85.8 cm³/mol. The van der Waals surface area contributed by atoms with Crippen molar-refractivity contribution in [3.8, 4) is 0 Å². The van der Waals surface area contributed by atoms with Crippen LogP contribution in [0.1, 0.15) is 25.6 Å². The topological polar surface area (TPSA) is 95.9 Å². The number of hydrogen-bond donors (Lipinski definition) is 2. The number of carbonyl (C=O) groups excluding carboxylic acids is 1. The molecule has 1 aliphatic rings. The van der Waals surface area contributed by atoms with Crippen LogP contribution in [-0.4, -0.2) is 50.2 Å². The second-order valence-corrected chi connectivity index (χ2v) is 6.17. The largest absolute Gasteiger partial charge is 0.356 e. The minimum atomic E-state index is -0.140. The molecule has 0 atom stereocenters. The van der Waals surface area contributed by atoms with Crippen LogP contribution in [0.2, 0.25) is 0 Å². The van der Waals surface area contributed by atoms with E-state index in [0.29, 0.717) is 29.3 Å². The normalized spacial score (nSPS) is 16.8. The first kappa shape index (κ1) is 15.7. The molecule has 1 fully saturated rings. The SMILES string of the molecule is CC(=O)NCC1CCN(Cc2nc3c(cnn3C)c(=O)[nH]2)CC1. The van der Waals surface area contributed by atoms with Crippen LogP contribution in [-0.2, 0) is 18.4 Å². The maximum Gasteiger partial charge on any atom is 0.262 e. The molecule has 2 aromatic heterocycles. The van der Waals surface area contributed by atoms with E-state index in [9.17, 15) is 9.59 Å². The average molecular weight is 318 g/mol. The van der Waals surface area contributed by atoms with E-state index < -0.39 is 0 Å². The lowest BCUT2D eigenvalue weighted by Gasteiger charge is -2.31. The van der Waals surface area contributed by atoms with Crippen LogP contribution < -0.4 is 10.9 Å². The van der Waals surface area contributed by atoms with Crippen LogP contribution >= 0.6 is 0 Å². The number of nitrogens with one attached hydrogen (secondary N) is 2. The number of fused-ring (bicyclic) bond motifs is 1. The van der Waals surface area contributed by atoms with Gasteiger partial charge in [0.05, 0.1) is 12.7 Å². The van der Waals surface area contributed by atoms with Gasteiger partial charge in [0.15, 0.2) is 5.65 Å². The summed E-state index contributed by atoms with van der Waals surface area (Å²) in [4.78, 5) is 32.7. The summed E-state index contributed by atoms with van der Waals surface area (Å²) in [6.07, 6.45) is 3.62. The summed E-state index contributed by atoms with van der Waals surface area (Å²) in [7, 11) is 1.78. The van der Waals surface area contributed by atoms with E-state index in [1.165, 1.54) is 0 Å². The van der Waals surface area contributed by atoms with Crippen LogP contribution in [0.15, 0.2) is 11.0 Å². The van der Waals surface area contributed by atoms with Gasteiger partial charge in [0.1, 0.15) is 11.2 Å². The molecular weight excluding hydrogens is 296 g/mol. The summed E-state index contributed by atoms with van der Waals surface area (Å²) < 4.78 is 1.62. The molecule has 23 heavy (non-hydrogen) atoms. The smallest absolute Gasteiger partial charge is 0.262 e. The zero-order valence-corrected chi connectivity index (χ0v) is 13.5.